The first kappa shape index (κ1) is 14.9. The molecule has 1 fully saturated rings. The van der Waals surface area contributed by atoms with E-state index >= 15 is 0 Å². The van der Waals surface area contributed by atoms with Gasteiger partial charge < -0.3 is 9.84 Å². The van der Waals surface area contributed by atoms with Crippen LogP contribution in [-0.2, 0) is 11.3 Å². The van der Waals surface area contributed by atoms with E-state index in [1.807, 2.05) is 26.0 Å². The van der Waals surface area contributed by atoms with E-state index in [9.17, 15) is 4.79 Å². The predicted octanol–water partition coefficient (Wildman–Crippen LogP) is 2.77. The van der Waals surface area contributed by atoms with Crippen molar-refractivity contribution >= 4 is 5.97 Å². The molecule has 110 valence electrons. The number of likely N-dealkylation sites (tertiary alicyclic amines) is 1. The van der Waals surface area contributed by atoms with Gasteiger partial charge in [-0.2, -0.15) is 0 Å². The minimum Gasteiger partial charge on any atom is -0.491 e. The maximum atomic E-state index is 10.7. The molecule has 1 atom stereocenters. The van der Waals surface area contributed by atoms with Crippen molar-refractivity contribution in [2.75, 3.05) is 13.1 Å². The summed E-state index contributed by atoms with van der Waals surface area (Å²) in [5, 5.41) is 8.82. The molecule has 1 aromatic carbocycles. The van der Waals surface area contributed by atoms with Crippen LogP contribution in [0.4, 0.5) is 0 Å². The van der Waals surface area contributed by atoms with Gasteiger partial charge in [0.05, 0.1) is 6.10 Å². The van der Waals surface area contributed by atoms with Gasteiger partial charge in [-0.05, 0) is 50.4 Å². The highest BCUT2D eigenvalue weighted by Gasteiger charge is 2.24. The molecule has 4 nitrogen and oxygen atoms in total. The van der Waals surface area contributed by atoms with E-state index < -0.39 is 5.97 Å². The van der Waals surface area contributed by atoms with Gasteiger partial charge >= 0.3 is 5.97 Å². The molecular weight excluding hydrogens is 254 g/mol. The van der Waals surface area contributed by atoms with Crippen molar-refractivity contribution in [3.05, 3.63) is 29.8 Å². The van der Waals surface area contributed by atoms with Crippen molar-refractivity contribution in [1.82, 2.24) is 4.90 Å². The highest BCUT2D eigenvalue weighted by atomic mass is 16.5. The lowest BCUT2D eigenvalue weighted by Gasteiger charge is -2.16. The molecule has 0 bridgehead atoms. The second-order valence-corrected chi connectivity index (χ2v) is 5.80. The quantitative estimate of drug-likeness (QED) is 0.868. The second kappa shape index (κ2) is 6.75. The van der Waals surface area contributed by atoms with Crippen LogP contribution in [0.25, 0.3) is 0 Å². The summed E-state index contributed by atoms with van der Waals surface area (Å²) >= 11 is 0. The second-order valence-electron chi connectivity index (χ2n) is 5.80. The van der Waals surface area contributed by atoms with Crippen molar-refractivity contribution in [2.24, 2.45) is 5.92 Å². The smallest absolute Gasteiger partial charge is 0.303 e. The summed E-state index contributed by atoms with van der Waals surface area (Å²) in [7, 11) is 0. The average molecular weight is 277 g/mol. The fourth-order valence-electron chi connectivity index (χ4n) is 2.67. The summed E-state index contributed by atoms with van der Waals surface area (Å²) in [6, 6.07) is 8.17. The standard InChI is InChI=1S/C16H23NO3/c1-12(2)20-15-5-3-13(4-6-15)10-17-8-7-14(11-17)9-16(18)19/h3-6,12,14H,7-11H2,1-2H3,(H,18,19). The Labute approximate surface area is 120 Å². The third kappa shape index (κ3) is 4.53. The van der Waals surface area contributed by atoms with Crippen LogP contribution in [0.2, 0.25) is 0 Å². The van der Waals surface area contributed by atoms with Crippen LogP contribution < -0.4 is 4.74 Å². The zero-order chi connectivity index (χ0) is 14.5. The number of ether oxygens (including phenoxy) is 1. The lowest BCUT2D eigenvalue weighted by molar-refractivity contribution is -0.138. The maximum absolute atomic E-state index is 10.7. The summed E-state index contributed by atoms with van der Waals surface area (Å²) in [5.74, 6) is 0.511. The molecule has 20 heavy (non-hydrogen) atoms. The Hall–Kier alpha value is -1.55. The van der Waals surface area contributed by atoms with Crippen molar-refractivity contribution in [3.63, 3.8) is 0 Å². The Balaban J connectivity index is 1.83. The Morgan fingerprint density at radius 2 is 2.10 bits per heavy atom. The van der Waals surface area contributed by atoms with Gasteiger partial charge in [-0.25, -0.2) is 0 Å². The van der Waals surface area contributed by atoms with E-state index in [4.69, 9.17) is 9.84 Å². The van der Waals surface area contributed by atoms with Crippen LogP contribution in [0.15, 0.2) is 24.3 Å². The van der Waals surface area contributed by atoms with Crippen LogP contribution >= 0.6 is 0 Å². The van der Waals surface area contributed by atoms with Gasteiger partial charge in [0.1, 0.15) is 5.75 Å². The fourth-order valence-corrected chi connectivity index (χ4v) is 2.67. The van der Waals surface area contributed by atoms with Gasteiger partial charge in [0.25, 0.3) is 0 Å². The predicted molar refractivity (Wildman–Crippen MR) is 77.8 cm³/mol. The number of carbonyl (C=O) groups is 1. The number of carboxylic acids is 1. The monoisotopic (exact) mass is 277 g/mol. The number of nitrogens with zero attached hydrogens (tertiary/aromatic N) is 1. The molecule has 1 N–H and O–H groups in total. The number of hydrogen-bond acceptors (Lipinski definition) is 3. The van der Waals surface area contributed by atoms with Gasteiger partial charge in [-0.1, -0.05) is 12.1 Å². The van der Waals surface area contributed by atoms with Gasteiger partial charge in [0.15, 0.2) is 0 Å². The minimum absolute atomic E-state index is 0.191. The van der Waals surface area contributed by atoms with Gasteiger partial charge in [-0.3, -0.25) is 9.69 Å². The normalized spacial score (nSPS) is 19.4. The lowest BCUT2D eigenvalue weighted by atomic mass is 10.1. The molecule has 1 unspecified atom stereocenters. The molecule has 4 heteroatoms. The highest BCUT2D eigenvalue weighted by Crippen LogP contribution is 2.22. The largest absolute Gasteiger partial charge is 0.491 e. The first-order valence-electron chi connectivity index (χ1n) is 7.22. The average Bonchev–Trinajstić information content (AvgIpc) is 2.77. The van der Waals surface area contributed by atoms with Crippen molar-refractivity contribution < 1.29 is 14.6 Å². The number of benzene rings is 1. The minimum atomic E-state index is -0.688. The molecule has 1 aliphatic rings. The van der Waals surface area contributed by atoms with E-state index in [1.54, 1.807) is 0 Å². The topological polar surface area (TPSA) is 49.8 Å². The Bertz CT molecular complexity index is 442. The van der Waals surface area contributed by atoms with Crippen LogP contribution in [0.3, 0.4) is 0 Å². The number of aliphatic carboxylic acids is 1. The van der Waals surface area contributed by atoms with Crippen molar-refractivity contribution in [2.45, 2.75) is 39.3 Å². The third-order valence-electron chi connectivity index (χ3n) is 3.53. The van der Waals surface area contributed by atoms with E-state index in [0.717, 1.165) is 31.8 Å². The molecule has 1 saturated heterocycles. The number of carboxylic acid groups (broad SMARTS) is 1. The summed E-state index contributed by atoms with van der Waals surface area (Å²) < 4.78 is 5.62. The van der Waals surface area contributed by atoms with Crippen molar-refractivity contribution in [3.8, 4) is 5.75 Å². The molecular formula is C16H23NO3. The van der Waals surface area contributed by atoms with E-state index in [-0.39, 0.29) is 12.5 Å². The fraction of sp³-hybridized carbons (Fsp3) is 0.562. The molecule has 1 heterocycles. The molecule has 2 rings (SSSR count). The van der Waals surface area contributed by atoms with Crippen LogP contribution in [-0.4, -0.2) is 35.2 Å². The van der Waals surface area contributed by atoms with Gasteiger partial charge in [0.2, 0.25) is 0 Å². The summed E-state index contributed by atoms with van der Waals surface area (Å²) in [6.07, 6.45) is 1.47. The zero-order valence-corrected chi connectivity index (χ0v) is 12.2. The van der Waals surface area contributed by atoms with E-state index in [1.165, 1.54) is 5.56 Å². The molecule has 1 aromatic rings. The number of rotatable bonds is 6. The first-order valence-corrected chi connectivity index (χ1v) is 7.22. The summed E-state index contributed by atoms with van der Waals surface area (Å²) in [4.78, 5) is 13.0. The molecule has 0 aromatic heterocycles. The van der Waals surface area contributed by atoms with Crippen LogP contribution in [0, 0.1) is 5.92 Å². The van der Waals surface area contributed by atoms with Crippen LogP contribution in [0.1, 0.15) is 32.3 Å². The zero-order valence-electron chi connectivity index (χ0n) is 12.2. The first-order chi connectivity index (χ1) is 9.52. The highest BCUT2D eigenvalue weighted by molar-refractivity contribution is 5.67. The Morgan fingerprint density at radius 3 is 2.70 bits per heavy atom. The maximum Gasteiger partial charge on any atom is 0.303 e. The number of hydrogen-bond donors (Lipinski definition) is 1. The van der Waals surface area contributed by atoms with E-state index in [0.29, 0.717) is 5.92 Å². The third-order valence-corrected chi connectivity index (χ3v) is 3.53. The Kier molecular flexibility index (Phi) is 5.01. The summed E-state index contributed by atoms with van der Waals surface area (Å²) in [6.45, 7) is 6.79. The van der Waals surface area contributed by atoms with Gasteiger partial charge in [-0.15, -0.1) is 0 Å². The molecule has 0 amide bonds. The summed E-state index contributed by atoms with van der Waals surface area (Å²) in [5.41, 5.74) is 1.25. The van der Waals surface area contributed by atoms with E-state index in [2.05, 4.69) is 17.0 Å². The SMILES string of the molecule is CC(C)Oc1ccc(CN2CCC(CC(=O)O)C2)cc1. The van der Waals surface area contributed by atoms with Crippen molar-refractivity contribution in [1.29, 1.82) is 0 Å². The molecule has 0 saturated carbocycles. The molecule has 0 aliphatic carbocycles. The molecule has 0 spiro atoms. The van der Waals surface area contributed by atoms with Crippen LogP contribution in [0.5, 0.6) is 5.75 Å². The Morgan fingerprint density at radius 1 is 1.40 bits per heavy atom. The lowest BCUT2D eigenvalue weighted by Crippen LogP contribution is -2.20. The van der Waals surface area contributed by atoms with Gasteiger partial charge in [0, 0.05) is 19.5 Å². The molecule has 1 aliphatic heterocycles. The molecule has 0 radical (unpaired) electrons.